The molecule has 0 spiro atoms. The molecule has 6 heteroatoms. The highest BCUT2D eigenvalue weighted by Gasteiger charge is 2.28. The van der Waals surface area contributed by atoms with E-state index in [1.54, 1.807) is 0 Å². The first kappa shape index (κ1) is 43.3. The molecule has 3 heterocycles. The van der Waals surface area contributed by atoms with Crippen LogP contribution in [0, 0.1) is 43.4 Å². The second-order valence-corrected chi connectivity index (χ2v) is 14.9. The Hall–Kier alpha value is -2.68. The number of H-pyrrole nitrogens is 1. The summed E-state index contributed by atoms with van der Waals surface area (Å²) in [4.78, 5) is 15.6. The van der Waals surface area contributed by atoms with Crippen LogP contribution in [0.4, 0.5) is 5.82 Å². The number of hydrogen-bond acceptors (Lipinski definition) is 4. The fraction of sp³-hybridized carbons (Fsp3) is 0.550. The van der Waals surface area contributed by atoms with Gasteiger partial charge in [-0.3, -0.25) is 0 Å². The van der Waals surface area contributed by atoms with Gasteiger partial charge in [0, 0.05) is 23.7 Å². The summed E-state index contributed by atoms with van der Waals surface area (Å²) in [7, 11) is 0. The van der Waals surface area contributed by atoms with Gasteiger partial charge in [-0.25, -0.2) is 9.97 Å². The Morgan fingerprint density at radius 1 is 1.04 bits per heavy atom. The molecular formula is C40H63ClN4S. The summed E-state index contributed by atoms with van der Waals surface area (Å²) in [5.74, 6) is 2.51. The van der Waals surface area contributed by atoms with Crippen LogP contribution in [0.2, 0.25) is 5.02 Å². The average molecular weight is 667 g/mol. The van der Waals surface area contributed by atoms with E-state index in [4.69, 9.17) is 11.6 Å². The number of aromatic amines is 1. The third-order valence-electron chi connectivity index (χ3n) is 7.21. The number of halogens is 1. The summed E-state index contributed by atoms with van der Waals surface area (Å²) in [6.07, 6.45) is 20.2. The Bertz CT molecular complexity index is 1360. The van der Waals surface area contributed by atoms with Crippen molar-refractivity contribution in [3.8, 4) is 12.8 Å². The Labute approximate surface area is 293 Å². The maximum atomic E-state index is 6.44. The molecule has 256 valence electrons. The van der Waals surface area contributed by atoms with E-state index in [0.29, 0.717) is 10.8 Å². The van der Waals surface area contributed by atoms with Crippen molar-refractivity contribution in [2.24, 2.45) is 16.7 Å². The molecule has 3 aromatic rings. The quantitative estimate of drug-likeness (QED) is 0.143. The van der Waals surface area contributed by atoms with Crippen LogP contribution in [0.5, 0.6) is 0 Å². The highest BCUT2D eigenvalue weighted by Crippen LogP contribution is 2.36. The Morgan fingerprint density at radius 3 is 2.00 bits per heavy atom. The lowest BCUT2D eigenvalue weighted by atomic mass is 9.82. The van der Waals surface area contributed by atoms with Gasteiger partial charge >= 0.3 is 0 Å². The highest BCUT2D eigenvalue weighted by molar-refractivity contribution is 7.80. The van der Waals surface area contributed by atoms with Gasteiger partial charge < -0.3 is 9.88 Å². The lowest BCUT2D eigenvalue weighted by Gasteiger charge is -2.38. The second-order valence-electron chi connectivity index (χ2n) is 14.0. The summed E-state index contributed by atoms with van der Waals surface area (Å²) in [5, 5.41) is 1.76. The van der Waals surface area contributed by atoms with E-state index < -0.39 is 0 Å². The topological polar surface area (TPSA) is 44.8 Å². The zero-order chi connectivity index (χ0) is 35.7. The number of nitrogens with zero attached hydrogens (tertiary/aromatic N) is 3. The number of nitrogens with one attached hydrogen (secondary N) is 1. The normalized spacial score (nSPS) is 12.8. The van der Waals surface area contributed by atoms with Crippen molar-refractivity contribution in [3.05, 3.63) is 64.6 Å². The third-order valence-corrected chi connectivity index (χ3v) is 7.90. The summed E-state index contributed by atoms with van der Waals surface area (Å²) >= 11 is 10.7. The van der Waals surface area contributed by atoms with Crippen molar-refractivity contribution in [2.45, 2.75) is 120 Å². The maximum Gasteiger partial charge on any atom is 0.144 e. The number of allylic oxidation sites excluding steroid dienone is 2. The van der Waals surface area contributed by atoms with E-state index in [1.807, 2.05) is 26.0 Å². The van der Waals surface area contributed by atoms with E-state index in [-0.39, 0.29) is 0 Å². The minimum absolute atomic E-state index is 0.406. The molecular weight excluding hydrogens is 604 g/mol. The summed E-state index contributed by atoms with van der Waals surface area (Å²) in [5.41, 5.74) is 5.35. The smallest absolute Gasteiger partial charge is 0.144 e. The van der Waals surface area contributed by atoms with E-state index in [9.17, 15) is 0 Å². The number of rotatable bonds is 8. The average Bonchev–Trinajstić information content (AvgIpc) is 3.28. The van der Waals surface area contributed by atoms with Crippen LogP contribution < -0.4 is 4.90 Å². The highest BCUT2D eigenvalue weighted by atomic mass is 35.5. The summed E-state index contributed by atoms with van der Waals surface area (Å²) < 4.78 is 0. The molecule has 1 N–H and O–H groups in total. The lowest BCUT2D eigenvalue weighted by molar-refractivity contribution is 0.353. The molecule has 46 heavy (non-hydrogen) atoms. The van der Waals surface area contributed by atoms with Crippen LogP contribution in [0.25, 0.3) is 17.1 Å². The number of terminal acetylenes is 1. The van der Waals surface area contributed by atoms with Crippen LogP contribution >= 0.6 is 24.2 Å². The van der Waals surface area contributed by atoms with Gasteiger partial charge in [0.25, 0.3) is 0 Å². The van der Waals surface area contributed by atoms with Crippen LogP contribution in [-0.4, -0.2) is 28.0 Å². The molecule has 0 radical (unpaired) electrons. The largest absolute Gasteiger partial charge is 0.355 e. The molecule has 0 amide bonds. The molecule has 1 aromatic carbocycles. The van der Waals surface area contributed by atoms with Gasteiger partial charge in [0.05, 0.1) is 10.4 Å². The molecule has 2 aromatic heterocycles. The molecule has 1 saturated heterocycles. The monoisotopic (exact) mass is 666 g/mol. The van der Waals surface area contributed by atoms with E-state index in [0.717, 1.165) is 63.7 Å². The molecule has 1 aliphatic rings. The SMILES string of the molecule is C#C.C/C=C\c1ccc(S)cc1C.C=CC(C)(CCC)CCC.CC(C)(C)C.CCc1[nH]c2nc(C)nc(N3CC(C)C3)c2c1Cl. The van der Waals surface area contributed by atoms with Gasteiger partial charge in [-0.2, -0.15) is 0 Å². The van der Waals surface area contributed by atoms with Crippen molar-refractivity contribution < 1.29 is 0 Å². The summed E-state index contributed by atoms with van der Waals surface area (Å²) in [6.45, 7) is 31.9. The number of fused-ring (bicyclic) bond motifs is 1. The van der Waals surface area contributed by atoms with Crippen LogP contribution in [0.15, 0.2) is 41.8 Å². The molecule has 0 atom stereocenters. The van der Waals surface area contributed by atoms with Gasteiger partial charge in [0.2, 0.25) is 0 Å². The predicted octanol–water partition coefficient (Wildman–Crippen LogP) is 12.3. The first-order valence-electron chi connectivity index (χ1n) is 16.7. The number of benzene rings is 1. The zero-order valence-electron chi connectivity index (χ0n) is 31.0. The van der Waals surface area contributed by atoms with Crippen LogP contribution in [-0.2, 0) is 6.42 Å². The van der Waals surface area contributed by atoms with Gasteiger partial charge in [-0.15, -0.1) is 32.1 Å². The number of aryl methyl sites for hydroxylation is 3. The molecule has 0 bridgehead atoms. The molecule has 1 aliphatic heterocycles. The number of aromatic nitrogens is 3. The Balaban J connectivity index is 0.000000629. The number of thiol groups is 1. The predicted molar refractivity (Wildman–Crippen MR) is 211 cm³/mol. The standard InChI is InChI=1S/C13H17ClN4.C10H12S.C10H20.C5H12.C2H2/c1-4-9-11(14)10-12(17-9)15-8(3)16-13(10)18-5-7(2)6-18;1-3-4-9-5-6-10(11)7-8(9)2;1-5-8-10(4,7-3)9-6-2;1-5(2,3)4;1-2/h7H,4-6H2,1-3H3,(H,15,16,17);3-7,11H,1-2H3;7H,3,5-6,8-9H2,1-2,4H3;1-4H3;1-2H/b;4-3-;;;. The van der Waals surface area contributed by atoms with Gasteiger partial charge in [-0.05, 0) is 80.0 Å². The third kappa shape index (κ3) is 15.3. The fourth-order valence-electron chi connectivity index (χ4n) is 5.04. The Morgan fingerprint density at radius 2 is 1.59 bits per heavy atom. The number of anilines is 1. The van der Waals surface area contributed by atoms with Crippen molar-refractivity contribution in [3.63, 3.8) is 0 Å². The van der Waals surface area contributed by atoms with Gasteiger partial charge in [0.15, 0.2) is 0 Å². The first-order chi connectivity index (χ1) is 21.5. The lowest BCUT2D eigenvalue weighted by Crippen LogP contribution is -2.45. The molecule has 4 nitrogen and oxygen atoms in total. The van der Waals surface area contributed by atoms with Crippen molar-refractivity contribution in [1.29, 1.82) is 0 Å². The van der Waals surface area contributed by atoms with E-state index >= 15 is 0 Å². The molecule has 1 fully saturated rings. The molecule has 0 saturated carbocycles. The molecule has 4 rings (SSSR count). The summed E-state index contributed by atoms with van der Waals surface area (Å²) in [6, 6.07) is 6.15. The fourth-order valence-corrected chi connectivity index (χ4v) is 5.66. The van der Waals surface area contributed by atoms with Crippen molar-refractivity contribution >= 4 is 47.2 Å². The molecule has 0 aliphatic carbocycles. The van der Waals surface area contributed by atoms with E-state index in [2.05, 4.69) is 145 Å². The molecule has 0 unspecified atom stereocenters. The van der Waals surface area contributed by atoms with Crippen molar-refractivity contribution in [1.82, 2.24) is 15.0 Å². The van der Waals surface area contributed by atoms with E-state index in [1.165, 1.54) is 36.8 Å². The second kappa shape index (κ2) is 21.2. The van der Waals surface area contributed by atoms with Crippen molar-refractivity contribution in [2.75, 3.05) is 18.0 Å². The minimum Gasteiger partial charge on any atom is -0.355 e. The number of hydrogen-bond donors (Lipinski definition) is 2. The maximum absolute atomic E-state index is 6.44. The first-order valence-corrected chi connectivity index (χ1v) is 17.5. The van der Waals surface area contributed by atoms with Gasteiger partial charge in [-0.1, -0.05) is 111 Å². The van der Waals surface area contributed by atoms with Crippen LogP contribution in [0.3, 0.4) is 0 Å². The Kier molecular flexibility index (Phi) is 20.0. The zero-order valence-corrected chi connectivity index (χ0v) is 32.7. The van der Waals surface area contributed by atoms with Gasteiger partial charge in [0.1, 0.15) is 17.3 Å². The minimum atomic E-state index is 0.406. The van der Waals surface area contributed by atoms with Crippen LogP contribution in [0.1, 0.15) is 118 Å².